The Hall–Kier alpha value is -6.25. The van der Waals surface area contributed by atoms with Crippen LogP contribution in [0.25, 0.3) is 71.6 Å². The first-order valence-corrected chi connectivity index (χ1v) is 17.1. The van der Waals surface area contributed by atoms with Crippen LogP contribution in [0.2, 0.25) is 0 Å². The molecule has 2 heteroatoms. The molecule has 1 spiro atoms. The first-order valence-electron chi connectivity index (χ1n) is 17.1. The zero-order chi connectivity index (χ0) is 32.3. The minimum atomic E-state index is -0.383. The monoisotopic (exact) mass is 622 g/mol. The second-order valence-corrected chi connectivity index (χ2v) is 13.5. The van der Waals surface area contributed by atoms with Gasteiger partial charge in [0.2, 0.25) is 0 Å². The normalized spacial score (nSPS) is 13.6. The highest BCUT2D eigenvalue weighted by molar-refractivity contribution is 6.08. The minimum Gasteiger partial charge on any atom is -0.297 e. The molecule has 0 atom stereocenters. The van der Waals surface area contributed by atoms with Gasteiger partial charge in [-0.25, -0.2) is 4.98 Å². The summed E-state index contributed by atoms with van der Waals surface area (Å²) in [7, 11) is 0. The Bertz CT molecular complexity index is 2810. The van der Waals surface area contributed by atoms with Crippen molar-refractivity contribution in [1.29, 1.82) is 0 Å². The number of benzene rings is 8. The first-order chi connectivity index (χ1) is 24.2. The van der Waals surface area contributed by atoms with E-state index in [-0.39, 0.29) is 5.41 Å². The van der Waals surface area contributed by atoms with Gasteiger partial charge in [0.15, 0.2) is 0 Å². The standard InChI is InChI=1S/C47H30N2/c1-29-48-44-19-8-9-20-45(44)49(29)35-13-10-12-31(26-35)32-21-22-33-27-39-43(28-34(33)25-32)47(42-24-23-30-11-2-3-14-36(30)46(39)42)40-17-6-4-15-37(40)38-16-5-7-18-41(38)47/h2-28H,1H3. The highest BCUT2D eigenvalue weighted by atomic mass is 15.1. The van der Waals surface area contributed by atoms with Crippen molar-refractivity contribution in [2.24, 2.45) is 0 Å². The molecule has 0 radical (unpaired) electrons. The van der Waals surface area contributed by atoms with Crippen LogP contribution in [0.3, 0.4) is 0 Å². The van der Waals surface area contributed by atoms with E-state index in [2.05, 4.69) is 175 Å². The molecule has 9 aromatic rings. The lowest BCUT2D eigenvalue weighted by Gasteiger charge is -2.30. The van der Waals surface area contributed by atoms with Crippen LogP contribution in [-0.4, -0.2) is 9.55 Å². The lowest BCUT2D eigenvalue weighted by atomic mass is 9.70. The van der Waals surface area contributed by atoms with Gasteiger partial charge in [0, 0.05) is 5.69 Å². The second-order valence-electron chi connectivity index (χ2n) is 13.5. The number of aromatic nitrogens is 2. The van der Waals surface area contributed by atoms with Crippen LogP contribution < -0.4 is 0 Å². The number of fused-ring (bicyclic) bond motifs is 14. The Morgan fingerprint density at radius 2 is 1.18 bits per heavy atom. The van der Waals surface area contributed by atoms with Crippen LogP contribution in [0.1, 0.15) is 28.1 Å². The summed E-state index contributed by atoms with van der Waals surface area (Å²) in [5, 5.41) is 5.10. The summed E-state index contributed by atoms with van der Waals surface area (Å²) < 4.78 is 2.26. The Labute approximate surface area is 284 Å². The number of para-hydroxylation sites is 2. The number of imidazole rings is 1. The van der Waals surface area contributed by atoms with Crippen molar-refractivity contribution in [3.63, 3.8) is 0 Å². The summed E-state index contributed by atoms with van der Waals surface area (Å²) in [6, 6.07) is 60.8. The molecule has 228 valence electrons. The van der Waals surface area contributed by atoms with Gasteiger partial charge in [-0.3, -0.25) is 4.57 Å². The number of hydrogen-bond acceptors (Lipinski definition) is 1. The molecule has 11 rings (SSSR count). The molecule has 1 heterocycles. The summed E-state index contributed by atoms with van der Waals surface area (Å²) >= 11 is 0. The summed E-state index contributed by atoms with van der Waals surface area (Å²) in [5.41, 5.74) is 16.1. The number of aryl methyl sites for hydroxylation is 1. The van der Waals surface area contributed by atoms with E-state index in [1.165, 1.54) is 77.2 Å². The van der Waals surface area contributed by atoms with E-state index in [0.29, 0.717) is 0 Å². The molecule has 0 aliphatic heterocycles. The smallest absolute Gasteiger partial charge is 0.111 e. The fourth-order valence-electron chi connectivity index (χ4n) is 9.13. The molecule has 8 aromatic carbocycles. The molecule has 2 aliphatic rings. The van der Waals surface area contributed by atoms with E-state index in [0.717, 1.165) is 22.5 Å². The van der Waals surface area contributed by atoms with E-state index in [1.54, 1.807) is 0 Å². The summed E-state index contributed by atoms with van der Waals surface area (Å²) in [4.78, 5) is 4.83. The molecular formula is C47H30N2. The number of hydrogen-bond donors (Lipinski definition) is 0. The van der Waals surface area contributed by atoms with E-state index in [1.807, 2.05) is 0 Å². The molecule has 0 saturated heterocycles. The van der Waals surface area contributed by atoms with Crippen molar-refractivity contribution in [2.75, 3.05) is 0 Å². The molecule has 2 nitrogen and oxygen atoms in total. The van der Waals surface area contributed by atoms with Crippen molar-refractivity contribution < 1.29 is 0 Å². The largest absolute Gasteiger partial charge is 0.297 e. The summed E-state index contributed by atoms with van der Waals surface area (Å²) in [6.45, 7) is 2.08. The van der Waals surface area contributed by atoms with Crippen molar-refractivity contribution in [2.45, 2.75) is 12.3 Å². The highest BCUT2D eigenvalue weighted by Gasteiger charge is 2.52. The van der Waals surface area contributed by atoms with Crippen LogP contribution >= 0.6 is 0 Å². The van der Waals surface area contributed by atoms with Gasteiger partial charge in [0.1, 0.15) is 5.82 Å². The van der Waals surface area contributed by atoms with Gasteiger partial charge in [0.25, 0.3) is 0 Å². The average Bonchev–Trinajstić information content (AvgIpc) is 3.76. The number of nitrogens with zero attached hydrogens (tertiary/aromatic N) is 2. The third kappa shape index (κ3) is 3.48. The van der Waals surface area contributed by atoms with E-state index >= 15 is 0 Å². The maximum absolute atomic E-state index is 4.83. The molecule has 1 aromatic heterocycles. The summed E-state index contributed by atoms with van der Waals surface area (Å²) in [6.07, 6.45) is 0. The van der Waals surface area contributed by atoms with Crippen LogP contribution in [0.15, 0.2) is 164 Å². The highest BCUT2D eigenvalue weighted by Crippen LogP contribution is 2.64. The topological polar surface area (TPSA) is 17.8 Å². The maximum atomic E-state index is 4.83. The lowest BCUT2D eigenvalue weighted by molar-refractivity contribution is 0.795. The van der Waals surface area contributed by atoms with Gasteiger partial charge in [-0.05, 0) is 127 Å². The molecule has 0 amide bonds. The van der Waals surface area contributed by atoms with Gasteiger partial charge in [-0.1, -0.05) is 121 Å². The first kappa shape index (κ1) is 26.8. The quantitative estimate of drug-likeness (QED) is 0.188. The van der Waals surface area contributed by atoms with Gasteiger partial charge in [0.05, 0.1) is 16.4 Å². The second kappa shape index (κ2) is 9.65. The van der Waals surface area contributed by atoms with E-state index < -0.39 is 0 Å². The fraction of sp³-hybridized carbons (Fsp3) is 0.0426. The summed E-state index contributed by atoms with van der Waals surface area (Å²) in [5.74, 6) is 0.988. The van der Waals surface area contributed by atoms with Gasteiger partial charge in [-0.2, -0.15) is 0 Å². The predicted octanol–water partition coefficient (Wildman–Crippen LogP) is 11.7. The fourth-order valence-corrected chi connectivity index (χ4v) is 9.13. The zero-order valence-corrected chi connectivity index (χ0v) is 27.0. The molecular weight excluding hydrogens is 593 g/mol. The Balaban J connectivity index is 1.17. The molecule has 0 unspecified atom stereocenters. The SMILES string of the molecule is Cc1nc2ccccc2n1-c1cccc(-c2ccc3cc4c(cc3c2)C2(c3ccccc3-c3ccccc32)c2ccc3ccccc3c2-4)c1. The molecule has 0 fully saturated rings. The third-order valence-corrected chi connectivity index (χ3v) is 11.1. The molecule has 49 heavy (non-hydrogen) atoms. The van der Waals surface area contributed by atoms with Crippen LogP contribution in [0, 0.1) is 6.92 Å². The Morgan fingerprint density at radius 3 is 2.04 bits per heavy atom. The predicted molar refractivity (Wildman–Crippen MR) is 203 cm³/mol. The van der Waals surface area contributed by atoms with Crippen molar-refractivity contribution in [3.05, 3.63) is 192 Å². The van der Waals surface area contributed by atoms with Crippen molar-refractivity contribution in [1.82, 2.24) is 9.55 Å². The minimum absolute atomic E-state index is 0.383. The Morgan fingerprint density at radius 1 is 0.469 bits per heavy atom. The number of rotatable bonds is 2. The van der Waals surface area contributed by atoms with E-state index in [4.69, 9.17) is 4.98 Å². The molecule has 0 saturated carbocycles. The molecule has 0 bridgehead atoms. The van der Waals surface area contributed by atoms with Gasteiger partial charge >= 0.3 is 0 Å². The molecule has 0 N–H and O–H groups in total. The van der Waals surface area contributed by atoms with Crippen LogP contribution in [-0.2, 0) is 5.41 Å². The third-order valence-electron chi connectivity index (χ3n) is 11.1. The average molecular weight is 623 g/mol. The van der Waals surface area contributed by atoms with Gasteiger partial charge < -0.3 is 0 Å². The van der Waals surface area contributed by atoms with Crippen LogP contribution in [0.5, 0.6) is 0 Å². The maximum Gasteiger partial charge on any atom is 0.111 e. The van der Waals surface area contributed by atoms with E-state index in [9.17, 15) is 0 Å². The van der Waals surface area contributed by atoms with Crippen molar-refractivity contribution in [3.8, 4) is 39.1 Å². The Kier molecular flexibility index (Phi) is 5.28. The van der Waals surface area contributed by atoms with Gasteiger partial charge in [-0.15, -0.1) is 0 Å². The zero-order valence-electron chi connectivity index (χ0n) is 27.0. The van der Waals surface area contributed by atoms with Crippen LogP contribution in [0.4, 0.5) is 0 Å². The lowest BCUT2D eigenvalue weighted by Crippen LogP contribution is -2.25. The van der Waals surface area contributed by atoms with Crippen molar-refractivity contribution >= 4 is 32.6 Å². The molecule has 2 aliphatic carbocycles.